The van der Waals surface area contributed by atoms with E-state index in [9.17, 15) is 4.79 Å². The second-order valence-electron chi connectivity index (χ2n) is 4.90. The summed E-state index contributed by atoms with van der Waals surface area (Å²) in [6.45, 7) is 1.97. The van der Waals surface area contributed by atoms with Crippen molar-refractivity contribution in [3.05, 3.63) is 12.2 Å². The molecule has 1 fully saturated rings. The van der Waals surface area contributed by atoms with Crippen molar-refractivity contribution in [1.29, 1.82) is 0 Å². The van der Waals surface area contributed by atoms with Gasteiger partial charge in [0.1, 0.15) is 0 Å². The lowest BCUT2D eigenvalue weighted by molar-refractivity contribution is -0.121. The van der Waals surface area contributed by atoms with Gasteiger partial charge in [-0.05, 0) is 44.6 Å². The van der Waals surface area contributed by atoms with Gasteiger partial charge in [-0.15, -0.1) is 0 Å². The van der Waals surface area contributed by atoms with Gasteiger partial charge in [0.05, 0.1) is 0 Å². The maximum absolute atomic E-state index is 11.6. The minimum absolute atomic E-state index is 0.217. The fourth-order valence-electron chi connectivity index (χ4n) is 2.56. The monoisotopic (exact) mass is 222 g/mol. The fourth-order valence-corrected chi connectivity index (χ4v) is 2.56. The third-order valence-corrected chi connectivity index (χ3v) is 3.54. The van der Waals surface area contributed by atoms with E-state index in [1.807, 2.05) is 0 Å². The molecular formula is C13H22N2O. The molecular weight excluding hydrogens is 200 g/mol. The van der Waals surface area contributed by atoms with Crippen LogP contribution in [0.15, 0.2) is 12.2 Å². The number of hydrogen-bond donors (Lipinski definition) is 2. The van der Waals surface area contributed by atoms with Gasteiger partial charge in [0.25, 0.3) is 0 Å². The minimum Gasteiger partial charge on any atom is -0.356 e. The summed E-state index contributed by atoms with van der Waals surface area (Å²) >= 11 is 0. The normalized spacial score (nSPS) is 28.5. The van der Waals surface area contributed by atoms with E-state index in [0.717, 1.165) is 32.4 Å². The molecule has 2 N–H and O–H groups in total. The zero-order valence-corrected chi connectivity index (χ0v) is 9.87. The molecule has 1 aliphatic heterocycles. The Balaban J connectivity index is 1.54. The largest absolute Gasteiger partial charge is 0.356 e. The zero-order chi connectivity index (χ0) is 11.2. The molecule has 1 heterocycles. The molecule has 0 radical (unpaired) electrons. The Morgan fingerprint density at radius 3 is 3.06 bits per heavy atom. The van der Waals surface area contributed by atoms with Crippen LogP contribution in [-0.4, -0.2) is 25.0 Å². The summed E-state index contributed by atoms with van der Waals surface area (Å²) in [5.74, 6) is 0.708. The van der Waals surface area contributed by atoms with Crippen molar-refractivity contribution in [1.82, 2.24) is 10.6 Å². The second-order valence-corrected chi connectivity index (χ2v) is 4.90. The van der Waals surface area contributed by atoms with Crippen LogP contribution in [0.25, 0.3) is 0 Å². The molecule has 90 valence electrons. The third-order valence-electron chi connectivity index (χ3n) is 3.54. The van der Waals surface area contributed by atoms with Crippen LogP contribution in [-0.2, 0) is 4.79 Å². The Kier molecular flexibility index (Phi) is 4.40. The van der Waals surface area contributed by atoms with Gasteiger partial charge in [-0.3, -0.25) is 4.79 Å². The molecule has 0 aromatic rings. The molecule has 0 saturated carbocycles. The third kappa shape index (κ3) is 3.63. The summed E-state index contributed by atoms with van der Waals surface area (Å²) in [5.41, 5.74) is 0. The summed E-state index contributed by atoms with van der Waals surface area (Å²) in [7, 11) is 0. The quantitative estimate of drug-likeness (QED) is 0.694. The van der Waals surface area contributed by atoms with Crippen LogP contribution in [0.3, 0.4) is 0 Å². The van der Waals surface area contributed by atoms with E-state index in [4.69, 9.17) is 0 Å². The van der Waals surface area contributed by atoms with E-state index in [1.165, 1.54) is 12.8 Å². The van der Waals surface area contributed by atoms with E-state index >= 15 is 0 Å². The summed E-state index contributed by atoms with van der Waals surface area (Å²) < 4.78 is 0. The van der Waals surface area contributed by atoms with Crippen LogP contribution in [0.1, 0.15) is 38.5 Å². The highest BCUT2D eigenvalue weighted by Crippen LogP contribution is 2.19. The van der Waals surface area contributed by atoms with E-state index in [-0.39, 0.29) is 5.91 Å². The van der Waals surface area contributed by atoms with E-state index in [1.54, 1.807) is 0 Å². The molecule has 3 heteroatoms. The average Bonchev–Trinajstić information content (AvgIpc) is 2.90. The first-order chi connectivity index (χ1) is 7.84. The second kappa shape index (κ2) is 6.04. The molecule has 3 nitrogen and oxygen atoms in total. The highest BCUT2D eigenvalue weighted by Gasteiger charge is 2.15. The summed E-state index contributed by atoms with van der Waals surface area (Å²) in [4.78, 5) is 11.6. The smallest absolute Gasteiger partial charge is 0.220 e. The minimum atomic E-state index is 0.217. The Morgan fingerprint density at radius 1 is 1.44 bits per heavy atom. The van der Waals surface area contributed by atoms with Gasteiger partial charge in [-0.1, -0.05) is 12.2 Å². The summed E-state index contributed by atoms with van der Waals surface area (Å²) in [6.07, 6.45) is 11.0. The topological polar surface area (TPSA) is 41.1 Å². The Labute approximate surface area is 97.7 Å². The van der Waals surface area contributed by atoms with Crippen LogP contribution >= 0.6 is 0 Å². The number of carbonyl (C=O) groups excluding carboxylic acids is 1. The van der Waals surface area contributed by atoms with Crippen LogP contribution in [0.2, 0.25) is 0 Å². The van der Waals surface area contributed by atoms with Gasteiger partial charge >= 0.3 is 0 Å². The zero-order valence-electron chi connectivity index (χ0n) is 9.87. The van der Waals surface area contributed by atoms with Crippen molar-refractivity contribution in [2.24, 2.45) is 5.92 Å². The van der Waals surface area contributed by atoms with Gasteiger partial charge in [0.2, 0.25) is 5.91 Å². The molecule has 2 rings (SSSR count). The van der Waals surface area contributed by atoms with Gasteiger partial charge in [0, 0.05) is 19.0 Å². The Hall–Kier alpha value is -0.830. The van der Waals surface area contributed by atoms with Gasteiger partial charge in [-0.2, -0.15) is 0 Å². The SMILES string of the molecule is O=C(CC1C=CCC1)NCC[C@H]1CCCN1. The molecule has 0 aromatic heterocycles. The molecule has 2 aliphatic rings. The van der Waals surface area contributed by atoms with Crippen molar-refractivity contribution in [2.45, 2.75) is 44.6 Å². The molecule has 0 spiro atoms. The molecule has 1 amide bonds. The summed E-state index contributed by atoms with van der Waals surface area (Å²) in [6, 6.07) is 0.631. The molecule has 0 bridgehead atoms. The number of rotatable bonds is 5. The maximum Gasteiger partial charge on any atom is 0.220 e. The first-order valence-corrected chi connectivity index (χ1v) is 6.51. The predicted octanol–water partition coefficient (Wildman–Crippen LogP) is 1.60. The van der Waals surface area contributed by atoms with E-state index < -0.39 is 0 Å². The number of hydrogen-bond acceptors (Lipinski definition) is 2. The Bertz CT molecular complexity index is 257. The van der Waals surface area contributed by atoms with Crippen LogP contribution in [0.5, 0.6) is 0 Å². The van der Waals surface area contributed by atoms with Gasteiger partial charge < -0.3 is 10.6 Å². The molecule has 1 saturated heterocycles. The van der Waals surface area contributed by atoms with Gasteiger partial charge in [0.15, 0.2) is 0 Å². The van der Waals surface area contributed by atoms with Crippen molar-refractivity contribution >= 4 is 5.91 Å². The number of allylic oxidation sites excluding steroid dienone is 2. The van der Waals surface area contributed by atoms with Crippen LogP contribution in [0.4, 0.5) is 0 Å². The molecule has 0 aromatic carbocycles. The Morgan fingerprint density at radius 2 is 2.38 bits per heavy atom. The van der Waals surface area contributed by atoms with Crippen molar-refractivity contribution in [3.8, 4) is 0 Å². The molecule has 2 atom stereocenters. The molecule has 16 heavy (non-hydrogen) atoms. The molecule has 1 unspecified atom stereocenters. The van der Waals surface area contributed by atoms with E-state index in [0.29, 0.717) is 18.4 Å². The lowest BCUT2D eigenvalue weighted by Crippen LogP contribution is -2.31. The number of nitrogens with one attached hydrogen (secondary N) is 2. The standard InChI is InChI=1S/C13H22N2O/c16-13(10-11-4-1-2-5-11)15-9-7-12-6-3-8-14-12/h1,4,11-12,14H,2-3,5-10H2,(H,15,16)/t11?,12-/m1/s1. The van der Waals surface area contributed by atoms with Gasteiger partial charge in [-0.25, -0.2) is 0 Å². The number of amides is 1. The average molecular weight is 222 g/mol. The highest BCUT2D eigenvalue weighted by molar-refractivity contribution is 5.76. The first kappa shape index (κ1) is 11.6. The fraction of sp³-hybridized carbons (Fsp3) is 0.769. The van der Waals surface area contributed by atoms with Crippen LogP contribution in [0, 0.1) is 5.92 Å². The first-order valence-electron chi connectivity index (χ1n) is 6.51. The van der Waals surface area contributed by atoms with Crippen molar-refractivity contribution in [2.75, 3.05) is 13.1 Å². The molecule has 1 aliphatic carbocycles. The maximum atomic E-state index is 11.6. The number of carbonyl (C=O) groups is 1. The summed E-state index contributed by atoms with van der Waals surface area (Å²) in [5, 5.41) is 6.46. The highest BCUT2D eigenvalue weighted by atomic mass is 16.1. The predicted molar refractivity (Wildman–Crippen MR) is 65.1 cm³/mol. The van der Waals surface area contributed by atoms with E-state index in [2.05, 4.69) is 22.8 Å². The van der Waals surface area contributed by atoms with Crippen molar-refractivity contribution in [3.63, 3.8) is 0 Å². The lowest BCUT2D eigenvalue weighted by atomic mass is 10.0. The van der Waals surface area contributed by atoms with Crippen molar-refractivity contribution < 1.29 is 4.79 Å². The lowest BCUT2D eigenvalue weighted by Gasteiger charge is -2.12. The van der Waals surface area contributed by atoms with Crippen LogP contribution < -0.4 is 10.6 Å².